The number of anilines is 1. The number of ketones is 1. The highest BCUT2D eigenvalue weighted by Crippen LogP contribution is 2.36. The number of nitrogen functional groups attached to an aromatic ring is 1. The van der Waals surface area contributed by atoms with Crippen LogP contribution in [0.4, 0.5) is 5.13 Å². The van der Waals surface area contributed by atoms with Gasteiger partial charge >= 0.3 is 0 Å². The van der Waals surface area contributed by atoms with Gasteiger partial charge in [-0.2, -0.15) is 0 Å². The van der Waals surface area contributed by atoms with Crippen molar-refractivity contribution < 1.29 is 9.90 Å². The zero-order valence-electron chi connectivity index (χ0n) is 11.5. The summed E-state index contributed by atoms with van der Waals surface area (Å²) in [6.07, 6.45) is 2.30. The zero-order valence-corrected chi connectivity index (χ0v) is 12.4. The summed E-state index contributed by atoms with van der Waals surface area (Å²) in [6.45, 7) is 0. The fraction of sp³-hybridized carbons (Fsp3) is 0.0588. The molecule has 1 aliphatic carbocycles. The van der Waals surface area contributed by atoms with E-state index in [0.29, 0.717) is 17.1 Å². The van der Waals surface area contributed by atoms with Crippen molar-refractivity contribution in [3.05, 3.63) is 59.2 Å². The monoisotopic (exact) mass is 308 g/mol. The number of hydrogen-bond acceptors (Lipinski definition) is 5. The van der Waals surface area contributed by atoms with E-state index < -0.39 is 0 Å². The summed E-state index contributed by atoms with van der Waals surface area (Å²) in [5, 5.41) is 10.1. The lowest BCUT2D eigenvalue weighted by Gasteiger charge is -2.17. The number of benzene rings is 2. The van der Waals surface area contributed by atoms with E-state index in [0.717, 1.165) is 26.9 Å². The van der Waals surface area contributed by atoms with Crippen LogP contribution in [0.15, 0.2) is 42.5 Å². The summed E-state index contributed by atoms with van der Waals surface area (Å²) in [5.41, 5.74) is 9.97. The summed E-state index contributed by atoms with van der Waals surface area (Å²) in [6, 6.07) is 10.8. The van der Waals surface area contributed by atoms with Gasteiger partial charge in [0.1, 0.15) is 5.75 Å². The number of nitrogens with zero attached hydrogens (tertiary/aromatic N) is 1. The average molecular weight is 308 g/mol. The van der Waals surface area contributed by atoms with Crippen molar-refractivity contribution >= 4 is 38.0 Å². The second kappa shape index (κ2) is 4.68. The van der Waals surface area contributed by atoms with Crippen molar-refractivity contribution in [2.45, 2.75) is 6.42 Å². The first kappa shape index (κ1) is 13.0. The molecule has 0 saturated heterocycles. The fourth-order valence-electron chi connectivity index (χ4n) is 2.85. The molecule has 5 heteroatoms. The van der Waals surface area contributed by atoms with E-state index in [1.807, 2.05) is 18.2 Å². The molecule has 4 rings (SSSR count). The molecule has 0 bridgehead atoms. The normalized spacial score (nSPS) is 14.0. The minimum Gasteiger partial charge on any atom is -0.508 e. The molecule has 0 radical (unpaired) electrons. The number of phenolic OH excluding ortho intramolecular Hbond substituents is 1. The number of rotatable bonds is 1. The molecule has 3 N–H and O–H groups in total. The Labute approximate surface area is 130 Å². The Bertz CT molecular complexity index is 956. The second-order valence-corrected chi connectivity index (χ2v) is 6.29. The minimum absolute atomic E-state index is 0.0335. The maximum absolute atomic E-state index is 12.6. The van der Waals surface area contributed by atoms with Gasteiger partial charge in [0.2, 0.25) is 0 Å². The summed E-state index contributed by atoms with van der Waals surface area (Å²) >= 11 is 1.35. The van der Waals surface area contributed by atoms with Crippen molar-refractivity contribution in [3.8, 4) is 5.75 Å². The fourth-order valence-corrected chi connectivity index (χ4v) is 3.75. The van der Waals surface area contributed by atoms with Gasteiger partial charge < -0.3 is 10.8 Å². The van der Waals surface area contributed by atoms with E-state index in [9.17, 15) is 9.90 Å². The molecule has 1 heterocycles. The molecular weight excluding hydrogens is 296 g/mol. The highest BCUT2D eigenvalue weighted by Gasteiger charge is 2.22. The average Bonchev–Trinajstić information content (AvgIpc) is 2.87. The number of aromatic nitrogens is 1. The molecular formula is C17H12N2O2S. The second-order valence-electron chi connectivity index (χ2n) is 5.26. The molecule has 0 fully saturated rings. The van der Waals surface area contributed by atoms with Crippen molar-refractivity contribution in [2.24, 2.45) is 0 Å². The highest BCUT2D eigenvalue weighted by atomic mass is 32.1. The van der Waals surface area contributed by atoms with E-state index in [-0.39, 0.29) is 11.5 Å². The number of fused-ring (bicyclic) bond motifs is 3. The minimum atomic E-state index is -0.0335. The predicted molar refractivity (Wildman–Crippen MR) is 88.2 cm³/mol. The van der Waals surface area contributed by atoms with Crippen molar-refractivity contribution in [3.63, 3.8) is 0 Å². The zero-order chi connectivity index (χ0) is 15.3. The molecule has 0 amide bonds. The molecule has 108 valence electrons. The maximum atomic E-state index is 12.6. The van der Waals surface area contributed by atoms with Crippen molar-refractivity contribution in [1.82, 2.24) is 4.98 Å². The number of allylic oxidation sites excluding steroid dienone is 2. The quantitative estimate of drug-likeness (QED) is 0.722. The standard InChI is InChI=1S/C17H12N2O2S/c18-17-19-13-5-4-10-6-11(9-2-1-3-12(20)7-9)8-14(21)15(10)16(13)22-17/h1-5,7-8,20H,6H2,(H2,18,19). The molecule has 0 spiro atoms. The van der Waals surface area contributed by atoms with Crippen LogP contribution >= 0.6 is 11.3 Å². The Kier molecular flexibility index (Phi) is 2.77. The molecule has 0 saturated carbocycles. The van der Waals surface area contributed by atoms with E-state index >= 15 is 0 Å². The molecule has 2 aromatic carbocycles. The van der Waals surface area contributed by atoms with Crippen LogP contribution in [0.25, 0.3) is 15.8 Å². The first-order chi connectivity index (χ1) is 10.6. The Morgan fingerprint density at radius 3 is 2.91 bits per heavy atom. The maximum Gasteiger partial charge on any atom is 0.187 e. The number of nitrogens with two attached hydrogens (primary N) is 1. The number of carbonyl (C=O) groups is 1. The number of aromatic hydroxyl groups is 1. The van der Waals surface area contributed by atoms with Gasteiger partial charge in [-0.15, -0.1) is 0 Å². The van der Waals surface area contributed by atoms with Crippen LogP contribution in [0, 0.1) is 0 Å². The Balaban J connectivity index is 1.86. The van der Waals surface area contributed by atoms with Gasteiger partial charge in [0.25, 0.3) is 0 Å². The molecule has 3 aromatic rings. The summed E-state index contributed by atoms with van der Waals surface area (Å²) in [5.74, 6) is 0.163. The summed E-state index contributed by atoms with van der Waals surface area (Å²) < 4.78 is 0.853. The molecule has 0 atom stereocenters. The third-order valence-corrected chi connectivity index (χ3v) is 4.73. The third-order valence-electron chi connectivity index (χ3n) is 3.81. The van der Waals surface area contributed by atoms with Gasteiger partial charge in [-0.25, -0.2) is 4.98 Å². The van der Waals surface area contributed by atoms with Gasteiger partial charge in [0.05, 0.1) is 10.2 Å². The molecule has 4 nitrogen and oxygen atoms in total. The van der Waals surface area contributed by atoms with E-state index in [4.69, 9.17) is 5.73 Å². The summed E-state index contributed by atoms with van der Waals surface area (Å²) in [4.78, 5) is 16.8. The van der Waals surface area contributed by atoms with E-state index in [1.54, 1.807) is 24.3 Å². The van der Waals surface area contributed by atoms with Crippen LogP contribution < -0.4 is 5.73 Å². The lowest BCUT2D eigenvalue weighted by atomic mass is 9.87. The molecule has 0 aliphatic heterocycles. The number of carbonyl (C=O) groups excluding carboxylic acids is 1. The number of thiazole rings is 1. The predicted octanol–water partition coefficient (Wildman–Crippen LogP) is 3.41. The first-order valence-electron chi connectivity index (χ1n) is 6.84. The van der Waals surface area contributed by atoms with Crippen molar-refractivity contribution in [1.29, 1.82) is 0 Å². The van der Waals surface area contributed by atoms with Crippen LogP contribution in [0.5, 0.6) is 5.75 Å². The van der Waals surface area contributed by atoms with Crippen LogP contribution in [-0.2, 0) is 6.42 Å². The summed E-state index contributed by atoms with van der Waals surface area (Å²) in [7, 11) is 0. The lowest BCUT2D eigenvalue weighted by molar-refractivity contribution is 0.104. The number of hydrogen-bond donors (Lipinski definition) is 2. The molecule has 1 aromatic heterocycles. The van der Waals surface area contributed by atoms with Crippen LogP contribution in [-0.4, -0.2) is 15.9 Å². The van der Waals surface area contributed by atoms with Crippen LogP contribution in [0.1, 0.15) is 21.5 Å². The van der Waals surface area contributed by atoms with Gasteiger partial charge in [-0.05, 0) is 47.4 Å². The Hall–Kier alpha value is -2.66. The first-order valence-corrected chi connectivity index (χ1v) is 7.65. The van der Waals surface area contributed by atoms with Gasteiger partial charge in [-0.1, -0.05) is 29.5 Å². The lowest BCUT2D eigenvalue weighted by Crippen LogP contribution is -2.09. The van der Waals surface area contributed by atoms with E-state index in [2.05, 4.69) is 4.98 Å². The van der Waals surface area contributed by atoms with Gasteiger partial charge in [0, 0.05) is 5.56 Å². The van der Waals surface area contributed by atoms with Crippen LogP contribution in [0.3, 0.4) is 0 Å². The molecule has 0 unspecified atom stereocenters. The van der Waals surface area contributed by atoms with Crippen LogP contribution in [0.2, 0.25) is 0 Å². The van der Waals surface area contributed by atoms with E-state index in [1.165, 1.54) is 11.3 Å². The topological polar surface area (TPSA) is 76.2 Å². The highest BCUT2D eigenvalue weighted by molar-refractivity contribution is 7.22. The van der Waals surface area contributed by atoms with Crippen molar-refractivity contribution in [2.75, 3.05) is 5.73 Å². The third kappa shape index (κ3) is 1.98. The Morgan fingerprint density at radius 1 is 1.23 bits per heavy atom. The molecule has 1 aliphatic rings. The van der Waals surface area contributed by atoms with Gasteiger partial charge in [0.15, 0.2) is 10.9 Å². The Morgan fingerprint density at radius 2 is 2.09 bits per heavy atom. The number of phenols is 1. The largest absolute Gasteiger partial charge is 0.508 e. The molecule has 22 heavy (non-hydrogen) atoms. The van der Waals surface area contributed by atoms with Gasteiger partial charge in [-0.3, -0.25) is 4.79 Å². The smallest absolute Gasteiger partial charge is 0.187 e. The SMILES string of the molecule is Nc1nc2ccc3c(c2s1)C(=O)C=C(c1cccc(O)c1)C3.